The Morgan fingerprint density at radius 2 is 0.912 bits per heavy atom. The summed E-state index contributed by atoms with van der Waals surface area (Å²) < 4.78 is 9.43. The van der Waals surface area contributed by atoms with Crippen molar-refractivity contribution in [3.05, 3.63) is 335 Å². The second-order valence-electron chi connectivity index (χ2n) is 35.7. The number of benzene rings is 10. The topological polar surface area (TPSA) is 54.3 Å². The molecular formula is C112H123N13+4. The summed E-state index contributed by atoms with van der Waals surface area (Å²) in [5, 5.41) is 5.18. The van der Waals surface area contributed by atoms with Gasteiger partial charge >= 0.3 is 0 Å². The monoisotopic (exact) mass is 1650 g/mol. The van der Waals surface area contributed by atoms with Crippen LogP contribution in [0.15, 0.2) is 279 Å². The first-order chi connectivity index (χ1) is 60.3. The van der Waals surface area contributed by atoms with E-state index in [1.807, 2.05) is 12.3 Å². The summed E-state index contributed by atoms with van der Waals surface area (Å²) in [6.45, 7) is 35.8. The third kappa shape index (κ3) is 15.1. The lowest BCUT2D eigenvalue weighted by molar-refractivity contribution is -0.648. The average Bonchev–Trinajstić information content (AvgIpc) is 1.68. The number of pyridine rings is 5. The van der Waals surface area contributed by atoms with E-state index < -0.39 is 0 Å². The van der Waals surface area contributed by atoms with E-state index >= 15 is 0 Å². The fraction of sp³-hybridized carbons (Fsp3) is 0.277. The number of anilines is 13. The molecule has 0 bridgehead atoms. The lowest BCUT2D eigenvalue weighted by Gasteiger charge is -2.30. The quantitative estimate of drug-likeness (QED) is 0.118. The van der Waals surface area contributed by atoms with Crippen molar-refractivity contribution in [3.63, 3.8) is 0 Å². The Morgan fingerprint density at radius 3 is 1.62 bits per heavy atom. The van der Waals surface area contributed by atoms with Crippen LogP contribution in [0.25, 0.3) is 66.6 Å². The Morgan fingerprint density at radius 1 is 0.352 bits per heavy atom. The van der Waals surface area contributed by atoms with Crippen LogP contribution in [0.1, 0.15) is 123 Å². The standard InChI is InChI=1S/C30H32N3.C29H30N3.C27H29N4.C26H32N3/c1-21-19-20-23-11-4-7-14-25(23)30(21)28-17-10-18-29(31(28)3)33-22(2)32(24-12-5-6-13-24)26-15-8-9-16-27(26)33;1-20-15-16-22(3)25(17-20)28-18-21(2)19-29(30(28)5)32-23(4)31(24-11-7-6-8-12-24)26-13-9-10-14-27(26)32;1-18(2)30-20(4)31(27-25(30)13-9-17-28-27)26-14-8-12-24(29(26)5)23-16-15-21-10-6-7-11-22(21)19(23)3;1-16-13-18(3)25-23(14-16)27(7)21(6)29(25)26-20(5)15-19(4)24(28(26)8)22-12-10-9-11-17(22)2/h4,7-11,14-20,22,24H,5-6,12-13H2,1-3H3;6-19,23H,1-5H3;6-18,20H,1-5H3;9-15,21H,1-8H3/q4*+1/t22-;23-;20-;21-/m1111/s1. The van der Waals surface area contributed by atoms with E-state index in [0.29, 0.717) is 18.2 Å². The molecule has 0 N–H and O–H groups in total. The summed E-state index contributed by atoms with van der Waals surface area (Å²) in [6, 6.07) is 100. The van der Waals surface area contributed by atoms with Gasteiger partial charge < -0.3 is 14.7 Å². The molecule has 0 saturated heterocycles. The highest BCUT2D eigenvalue weighted by Crippen LogP contribution is 2.51. The van der Waals surface area contributed by atoms with Gasteiger partial charge in [-0.2, -0.15) is 4.90 Å². The Labute approximate surface area is 742 Å². The molecule has 13 heteroatoms. The summed E-state index contributed by atoms with van der Waals surface area (Å²) in [5.74, 6) is 5.85. The molecule has 20 rings (SSSR count). The lowest BCUT2D eigenvalue weighted by Crippen LogP contribution is -2.48. The van der Waals surface area contributed by atoms with Crippen molar-refractivity contribution in [2.24, 2.45) is 28.2 Å². The molecule has 1 fully saturated rings. The van der Waals surface area contributed by atoms with E-state index in [1.54, 1.807) is 0 Å². The van der Waals surface area contributed by atoms with Gasteiger partial charge in [-0.05, 0) is 293 Å². The molecule has 5 aliphatic rings. The summed E-state index contributed by atoms with van der Waals surface area (Å²) in [5.41, 5.74) is 33.4. The molecule has 0 unspecified atom stereocenters. The molecule has 125 heavy (non-hydrogen) atoms. The molecule has 4 aliphatic heterocycles. The normalized spacial score (nSPS) is 16.3. The summed E-state index contributed by atoms with van der Waals surface area (Å²) in [7, 11) is 11.0. The minimum absolute atomic E-state index is 0.147. The second kappa shape index (κ2) is 34.5. The average molecular weight is 1650 g/mol. The van der Waals surface area contributed by atoms with Gasteiger partial charge in [-0.3, -0.25) is 4.90 Å². The first kappa shape index (κ1) is 84.1. The molecule has 1 aliphatic carbocycles. The number of hydrogen-bond acceptors (Lipinski definition) is 9. The minimum atomic E-state index is 0.147. The van der Waals surface area contributed by atoms with E-state index in [0.717, 1.165) is 11.6 Å². The predicted molar refractivity (Wildman–Crippen MR) is 524 cm³/mol. The minimum Gasteiger partial charge on any atom is -0.333 e. The number of aryl methyl sites for hydroxylation is 10. The van der Waals surface area contributed by atoms with Crippen LogP contribution in [-0.4, -0.2) is 48.8 Å². The molecule has 9 heterocycles. The summed E-state index contributed by atoms with van der Waals surface area (Å²) >= 11 is 0. The highest BCUT2D eigenvalue weighted by Gasteiger charge is 2.48. The van der Waals surface area contributed by atoms with Crippen molar-refractivity contribution in [2.75, 3.05) is 46.2 Å². The van der Waals surface area contributed by atoms with Crippen LogP contribution in [0.4, 0.5) is 74.6 Å². The Hall–Kier alpha value is -13.1. The molecule has 15 aromatic rings. The zero-order valence-electron chi connectivity index (χ0n) is 77.2. The van der Waals surface area contributed by atoms with E-state index in [1.165, 1.54) is 211 Å². The van der Waals surface area contributed by atoms with Gasteiger partial charge in [-0.1, -0.05) is 170 Å². The van der Waals surface area contributed by atoms with Crippen molar-refractivity contribution >= 4 is 96.1 Å². The fourth-order valence-electron chi connectivity index (χ4n) is 21.2. The van der Waals surface area contributed by atoms with Crippen LogP contribution in [-0.2, 0) is 28.2 Å². The van der Waals surface area contributed by atoms with Crippen molar-refractivity contribution < 1.29 is 18.3 Å². The molecule has 0 spiro atoms. The third-order valence-electron chi connectivity index (χ3n) is 27.2. The highest BCUT2D eigenvalue weighted by atomic mass is 15.5. The molecule has 10 aromatic carbocycles. The van der Waals surface area contributed by atoms with Crippen LogP contribution in [0.3, 0.4) is 0 Å². The third-order valence-corrected chi connectivity index (χ3v) is 27.2. The van der Waals surface area contributed by atoms with Gasteiger partial charge in [-0.25, -0.2) is 38.0 Å². The maximum atomic E-state index is 4.77. The molecule has 13 nitrogen and oxygen atoms in total. The van der Waals surface area contributed by atoms with Gasteiger partial charge in [0.1, 0.15) is 28.5 Å². The second-order valence-corrected chi connectivity index (χ2v) is 35.7. The Balaban J connectivity index is 0.000000118. The van der Waals surface area contributed by atoms with Crippen LogP contribution in [0, 0.1) is 69.2 Å². The number of hydrogen-bond donors (Lipinski definition) is 0. The Bertz CT molecular complexity index is 6600. The van der Waals surface area contributed by atoms with E-state index in [4.69, 9.17) is 4.98 Å². The van der Waals surface area contributed by atoms with E-state index in [9.17, 15) is 0 Å². The summed E-state index contributed by atoms with van der Waals surface area (Å²) in [6.07, 6.45) is 8.06. The van der Waals surface area contributed by atoms with Gasteiger partial charge in [0.05, 0.1) is 45.3 Å². The maximum Gasteiger partial charge on any atom is 0.286 e. The van der Waals surface area contributed by atoms with Gasteiger partial charge in [0, 0.05) is 77.0 Å². The smallest absolute Gasteiger partial charge is 0.286 e. The van der Waals surface area contributed by atoms with Gasteiger partial charge in [0.25, 0.3) is 23.3 Å². The van der Waals surface area contributed by atoms with Gasteiger partial charge in [-0.15, -0.1) is 0 Å². The number of aromatic nitrogens is 5. The molecule has 5 aromatic heterocycles. The highest BCUT2D eigenvalue weighted by molar-refractivity contribution is 5.98. The van der Waals surface area contributed by atoms with Gasteiger partial charge in [0.2, 0.25) is 5.82 Å². The van der Waals surface area contributed by atoms with E-state index in [2.05, 4.69) is 470 Å². The van der Waals surface area contributed by atoms with Gasteiger partial charge in [0.15, 0.2) is 41.7 Å². The van der Waals surface area contributed by atoms with Crippen molar-refractivity contribution in [1.29, 1.82) is 0 Å². The Kier molecular flexibility index (Phi) is 23.2. The zero-order chi connectivity index (χ0) is 87.7. The number of para-hydroxylation sites is 5. The molecule has 4 atom stereocenters. The zero-order valence-corrected chi connectivity index (χ0v) is 77.2. The number of fused-ring (bicyclic) bond motifs is 6. The lowest BCUT2D eigenvalue weighted by atomic mass is 9.96. The number of nitrogens with zero attached hydrogens (tertiary/aromatic N) is 13. The van der Waals surface area contributed by atoms with Crippen molar-refractivity contribution in [3.8, 4) is 45.0 Å². The number of rotatable bonds is 11. The predicted octanol–water partition coefficient (Wildman–Crippen LogP) is 25.0. The fourth-order valence-corrected chi connectivity index (χ4v) is 21.2. The first-order valence-corrected chi connectivity index (χ1v) is 45.0. The van der Waals surface area contributed by atoms with E-state index in [-0.39, 0.29) is 18.5 Å². The van der Waals surface area contributed by atoms with Crippen LogP contribution < -0.4 is 57.5 Å². The molecule has 632 valence electrons. The van der Waals surface area contributed by atoms with Crippen LogP contribution >= 0.6 is 0 Å². The molecule has 1 saturated carbocycles. The molecule has 0 radical (unpaired) electrons. The maximum absolute atomic E-state index is 4.77. The molecule has 0 amide bonds. The summed E-state index contributed by atoms with van der Waals surface area (Å²) in [4.78, 5) is 24.6. The largest absolute Gasteiger partial charge is 0.333 e. The first-order valence-electron chi connectivity index (χ1n) is 45.0. The SMILES string of the molecule is Cc1c(-c2cccc(N3c4ncccc4N(C(C)C)[C@H]3C)[n+]2C)ccc2ccccc12.Cc1cc(C)c2c(c1)N(C)[C@@H](C)N2c1c(C)cc(C)c(-c2ccccc2C)[n+]1C.Cc1ccc(C)c(-c2cc(C)cc(N3c4ccccc4N(c4ccccc4)[C@H]3C)[n+]2C)c1.Cc1ccc2ccccc2c1-c1cccc(N2c3ccccc3N(C3CCCC3)[C@H]2C)[n+]1C. The van der Waals surface area contributed by atoms with Crippen LogP contribution in [0.5, 0.6) is 0 Å². The van der Waals surface area contributed by atoms with Crippen molar-refractivity contribution in [1.82, 2.24) is 4.98 Å². The van der Waals surface area contributed by atoms with Crippen molar-refractivity contribution in [2.45, 2.75) is 173 Å². The van der Waals surface area contributed by atoms with Crippen LogP contribution in [0.2, 0.25) is 0 Å². The molecular weight excluding hydrogens is 1530 g/mol.